The van der Waals surface area contributed by atoms with Crippen molar-refractivity contribution in [3.63, 3.8) is 0 Å². The van der Waals surface area contributed by atoms with Crippen LogP contribution in [0.25, 0.3) is 11.2 Å². The van der Waals surface area contributed by atoms with Gasteiger partial charge in [-0.05, 0) is 0 Å². The average Bonchev–Trinajstić information content (AvgIpc) is 2.33. The van der Waals surface area contributed by atoms with Crippen LogP contribution in [0.3, 0.4) is 0 Å². The topological polar surface area (TPSA) is 54.5 Å². The molecule has 0 bridgehead atoms. The van der Waals surface area contributed by atoms with E-state index in [4.69, 9.17) is 0 Å². The van der Waals surface area contributed by atoms with Gasteiger partial charge in [0.2, 0.25) is 0 Å². The summed E-state index contributed by atoms with van der Waals surface area (Å²) in [6, 6.07) is 0. The van der Waals surface area contributed by atoms with Crippen molar-refractivity contribution in [2.45, 2.75) is 0 Å². The van der Waals surface area contributed by atoms with E-state index in [0.717, 1.165) is 5.52 Å². The Bertz CT molecular complexity index is 355. The third-order valence-electron chi connectivity index (χ3n) is 1.16. The number of nitrogens with one attached hydrogen (secondary N) is 1. The normalized spacial score (nSPS) is 10.5. The zero-order valence-electron chi connectivity index (χ0n) is 4.94. The average molecular weight is 194 g/mol. The van der Waals surface area contributed by atoms with Crippen molar-refractivity contribution in [3.05, 3.63) is 12.5 Å². The van der Waals surface area contributed by atoms with E-state index < -0.39 is 0 Å². The molecular formula is C5H3AsN4. The maximum absolute atomic E-state index is 4.05. The molecule has 0 spiro atoms. The van der Waals surface area contributed by atoms with E-state index in [1.807, 2.05) is 0 Å². The van der Waals surface area contributed by atoms with Gasteiger partial charge in [0, 0.05) is 0 Å². The van der Waals surface area contributed by atoms with Gasteiger partial charge in [-0.25, -0.2) is 0 Å². The second-order valence-corrected chi connectivity index (χ2v) is 2.65. The number of hydrogen-bond acceptors (Lipinski definition) is 3. The van der Waals surface area contributed by atoms with Gasteiger partial charge in [0.1, 0.15) is 0 Å². The molecule has 2 radical (unpaired) electrons. The fourth-order valence-corrected chi connectivity index (χ4v) is 1.05. The summed E-state index contributed by atoms with van der Waals surface area (Å²) in [5.41, 5.74) is 1.58. The minimum absolute atomic E-state index is 0.687. The molecule has 1 N–H and O–H groups in total. The summed E-state index contributed by atoms with van der Waals surface area (Å²) in [6.45, 7) is 0. The summed E-state index contributed by atoms with van der Waals surface area (Å²) in [7, 11) is 0. The van der Waals surface area contributed by atoms with E-state index in [2.05, 4.69) is 36.8 Å². The van der Waals surface area contributed by atoms with Crippen LogP contribution in [0.15, 0.2) is 12.5 Å². The third-order valence-corrected chi connectivity index (χ3v) is 1.61. The van der Waals surface area contributed by atoms with Crippen molar-refractivity contribution >= 4 is 32.6 Å². The Morgan fingerprint density at radius 2 is 2.30 bits per heavy atom. The molecule has 0 aromatic carbocycles. The summed E-state index contributed by atoms with van der Waals surface area (Å²) in [6.07, 6.45) is 3.31. The first-order chi connectivity index (χ1) is 4.86. The molecular weight excluding hydrogens is 191 g/mol. The predicted molar refractivity (Wildman–Crippen MR) is 37.1 cm³/mol. The molecule has 48 valence electrons. The molecule has 2 rings (SSSR count). The maximum atomic E-state index is 4.05. The Labute approximate surface area is 65.6 Å². The molecule has 0 unspecified atom stereocenters. The van der Waals surface area contributed by atoms with Gasteiger partial charge in [-0.15, -0.1) is 0 Å². The molecule has 0 saturated carbocycles. The van der Waals surface area contributed by atoms with Crippen molar-refractivity contribution < 1.29 is 0 Å². The molecule has 0 saturated heterocycles. The van der Waals surface area contributed by atoms with Gasteiger partial charge in [0.05, 0.1) is 0 Å². The summed E-state index contributed by atoms with van der Waals surface area (Å²) in [4.78, 5) is 14.9. The van der Waals surface area contributed by atoms with Gasteiger partial charge in [-0.2, -0.15) is 0 Å². The van der Waals surface area contributed by atoms with Gasteiger partial charge >= 0.3 is 65.1 Å². The summed E-state index contributed by atoms with van der Waals surface area (Å²) >= 11 is 2.27. The van der Waals surface area contributed by atoms with Crippen LogP contribution >= 0.6 is 0 Å². The Morgan fingerprint density at radius 3 is 3.20 bits per heavy atom. The van der Waals surface area contributed by atoms with E-state index >= 15 is 0 Å². The van der Waals surface area contributed by atoms with Crippen molar-refractivity contribution in [2.24, 2.45) is 0 Å². The van der Waals surface area contributed by atoms with Gasteiger partial charge in [0.15, 0.2) is 0 Å². The SMILES string of the molecule is [As]c1ncc2[nH]cnc2n1. The predicted octanol–water partition coefficient (Wildman–Crippen LogP) is -0.853. The molecule has 2 aromatic heterocycles. The first-order valence-corrected chi connectivity index (χ1v) is 3.65. The number of imidazole rings is 1. The van der Waals surface area contributed by atoms with Crippen LogP contribution < -0.4 is 4.61 Å². The summed E-state index contributed by atoms with van der Waals surface area (Å²) < 4.78 is 0.687. The van der Waals surface area contributed by atoms with Crippen LogP contribution in [0, 0.1) is 0 Å². The van der Waals surface area contributed by atoms with Crippen molar-refractivity contribution in [1.82, 2.24) is 19.9 Å². The van der Waals surface area contributed by atoms with Crippen molar-refractivity contribution in [1.29, 1.82) is 0 Å². The Balaban J connectivity index is 2.86. The first-order valence-electron chi connectivity index (χ1n) is 2.71. The quantitative estimate of drug-likeness (QED) is 0.555. The number of nitrogens with zero attached hydrogens (tertiary/aromatic N) is 3. The van der Waals surface area contributed by atoms with E-state index in [9.17, 15) is 0 Å². The second-order valence-electron chi connectivity index (χ2n) is 1.81. The van der Waals surface area contributed by atoms with E-state index in [-0.39, 0.29) is 0 Å². The molecule has 0 fully saturated rings. The van der Waals surface area contributed by atoms with Gasteiger partial charge < -0.3 is 0 Å². The molecule has 0 amide bonds. The van der Waals surface area contributed by atoms with Gasteiger partial charge in [-0.1, -0.05) is 0 Å². The van der Waals surface area contributed by atoms with Crippen LogP contribution in [-0.4, -0.2) is 36.8 Å². The monoisotopic (exact) mass is 194 g/mol. The molecule has 0 aliphatic carbocycles. The Hall–Kier alpha value is -0.892. The summed E-state index contributed by atoms with van der Waals surface area (Å²) in [5.74, 6) is 0. The number of rotatable bonds is 0. The molecule has 2 heterocycles. The molecule has 0 atom stereocenters. The number of aromatic nitrogens is 4. The Morgan fingerprint density at radius 1 is 1.40 bits per heavy atom. The van der Waals surface area contributed by atoms with Crippen LogP contribution in [-0.2, 0) is 0 Å². The Kier molecular flexibility index (Phi) is 1.21. The number of hydrogen-bond donors (Lipinski definition) is 1. The number of H-pyrrole nitrogens is 1. The molecule has 4 nitrogen and oxygen atoms in total. The van der Waals surface area contributed by atoms with Gasteiger partial charge in [0.25, 0.3) is 0 Å². The number of fused-ring (bicyclic) bond motifs is 1. The fraction of sp³-hybridized carbons (Fsp3) is 0. The second kappa shape index (κ2) is 2.06. The number of aromatic amines is 1. The molecule has 10 heavy (non-hydrogen) atoms. The first kappa shape index (κ1) is 5.86. The van der Waals surface area contributed by atoms with Crippen molar-refractivity contribution in [3.8, 4) is 0 Å². The minimum atomic E-state index is 0.687. The van der Waals surface area contributed by atoms with Crippen molar-refractivity contribution in [2.75, 3.05) is 0 Å². The standard InChI is InChI=1S/C5H3AsN4/c6-5-7-1-3-4(10-5)9-2-8-3/h1-2H,(H,7,8,9,10). The fourth-order valence-electron chi connectivity index (χ4n) is 0.727. The van der Waals surface area contributed by atoms with Crippen LogP contribution in [0.1, 0.15) is 0 Å². The van der Waals surface area contributed by atoms with E-state index in [1.165, 1.54) is 0 Å². The zero-order chi connectivity index (χ0) is 6.97. The molecule has 0 aliphatic rings. The van der Waals surface area contributed by atoms with Gasteiger partial charge in [-0.3, -0.25) is 0 Å². The third kappa shape index (κ3) is 0.809. The van der Waals surface area contributed by atoms with Crippen LogP contribution in [0.2, 0.25) is 0 Å². The molecule has 0 aliphatic heterocycles. The molecule has 2 aromatic rings. The van der Waals surface area contributed by atoms with E-state index in [1.54, 1.807) is 12.5 Å². The molecule has 5 heteroatoms. The van der Waals surface area contributed by atoms with Crippen LogP contribution in [0.4, 0.5) is 0 Å². The van der Waals surface area contributed by atoms with Crippen LogP contribution in [0.5, 0.6) is 0 Å². The zero-order valence-corrected chi connectivity index (χ0v) is 6.82. The van der Waals surface area contributed by atoms with E-state index in [0.29, 0.717) is 10.3 Å². The summed E-state index contributed by atoms with van der Waals surface area (Å²) in [5, 5.41) is 0.